The van der Waals surface area contributed by atoms with Crippen LogP contribution < -0.4 is 0 Å². The van der Waals surface area contributed by atoms with E-state index in [-0.39, 0.29) is 5.69 Å². The molecule has 4 nitrogen and oxygen atoms in total. The molecular formula is C9H11NO3. The molecule has 2 rings (SSSR count). The molecule has 0 unspecified atom stereocenters. The second-order valence-corrected chi connectivity index (χ2v) is 3.31. The highest BCUT2D eigenvalue weighted by atomic mass is 16.5. The van der Waals surface area contributed by atoms with Gasteiger partial charge in [0.1, 0.15) is 5.76 Å². The Morgan fingerprint density at radius 2 is 2.38 bits per heavy atom. The molecule has 4 heteroatoms. The maximum absolute atomic E-state index is 10.7. The monoisotopic (exact) mass is 181 g/mol. The molecule has 13 heavy (non-hydrogen) atoms. The minimum atomic E-state index is -0.993. The van der Waals surface area contributed by atoms with Crippen LogP contribution in [0.5, 0.6) is 0 Å². The highest BCUT2D eigenvalue weighted by molar-refractivity contribution is 5.87. The van der Waals surface area contributed by atoms with Crippen molar-refractivity contribution < 1.29 is 14.4 Å². The Morgan fingerprint density at radius 1 is 1.69 bits per heavy atom. The van der Waals surface area contributed by atoms with Crippen LogP contribution in [0.2, 0.25) is 0 Å². The van der Waals surface area contributed by atoms with Crippen LogP contribution in [0.15, 0.2) is 4.52 Å². The molecule has 1 aliphatic rings. The van der Waals surface area contributed by atoms with Gasteiger partial charge in [-0.3, -0.25) is 0 Å². The van der Waals surface area contributed by atoms with Crippen molar-refractivity contribution in [3.05, 3.63) is 17.0 Å². The third-order valence-electron chi connectivity index (χ3n) is 2.32. The molecule has 0 atom stereocenters. The second kappa shape index (κ2) is 2.87. The molecule has 1 heterocycles. The van der Waals surface area contributed by atoms with Crippen LogP contribution in [-0.4, -0.2) is 16.2 Å². The van der Waals surface area contributed by atoms with E-state index < -0.39 is 5.97 Å². The van der Waals surface area contributed by atoms with Crippen LogP contribution in [-0.2, 0) is 6.42 Å². The van der Waals surface area contributed by atoms with E-state index in [1.54, 1.807) is 0 Å². The van der Waals surface area contributed by atoms with Gasteiger partial charge in [-0.25, -0.2) is 4.79 Å². The number of hydrogen-bond donors (Lipinski definition) is 1. The normalized spacial score (nSPS) is 16.1. The summed E-state index contributed by atoms with van der Waals surface area (Å²) in [4.78, 5) is 10.7. The molecule has 0 saturated heterocycles. The number of aromatic carboxylic acids is 1. The van der Waals surface area contributed by atoms with Gasteiger partial charge in [-0.15, -0.1) is 0 Å². The summed E-state index contributed by atoms with van der Waals surface area (Å²) in [5, 5.41) is 12.4. The smallest absolute Gasteiger partial charge is 0.358 e. The van der Waals surface area contributed by atoms with Crippen LogP contribution >= 0.6 is 0 Å². The van der Waals surface area contributed by atoms with Crippen molar-refractivity contribution in [2.75, 3.05) is 0 Å². The number of hydrogen-bond acceptors (Lipinski definition) is 3. The third kappa shape index (κ3) is 1.32. The molecule has 70 valence electrons. The number of aromatic nitrogens is 1. The first-order valence-corrected chi connectivity index (χ1v) is 4.45. The van der Waals surface area contributed by atoms with Gasteiger partial charge in [0, 0.05) is 11.5 Å². The standard InChI is InChI=1S/C9H11NO3/c1-2-6-7(9(11)12)10-13-8(6)5-3-4-5/h5H,2-4H2,1H3,(H,11,12). The van der Waals surface area contributed by atoms with Crippen molar-refractivity contribution in [2.24, 2.45) is 0 Å². The molecule has 0 spiro atoms. The Bertz CT molecular complexity index is 339. The molecule has 1 aliphatic carbocycles. The maximum atomic E-state index is 10.7. The molecule has 0 radical (unpaired) electrons. The van der Waals surface area contributed by atoms with Crippen molar-refractivity contribution >= 4 is 5.97 Å². The van der Waals surface area contributed by atoms with Gasteiger partial charge in [0.25, 0.3) is 0 Å². The van der Waals surface area contributed by atoms with E-state index in [1.807, 2.05) is 6.92 Å². The predicted molar refractivity (Wildman–Crippen MR) is 44.8 cm³/mol. The molecule has 1 aromatic rings. The summed E-state index contributed by atoms with van der Waals surface area (Å²) in [7, 11) is 0. The first-order valence-electron chi connectivity index (χ1n) is 4.45. The first-order chi connectivity index (χ1) is 6.24. The zero-order valence-corrected chi connectivity index (χ0v) is 7.41. The molecule has 0 bridgehead atoms. The molecule has 1 aromatic heterocycles. The summed E-state index contributed by atoms with van der Waals surface area (Å²) in [6.45, 7) is 1.92. The third-order valence-corrected chi connectivity index (χ3v) is 2.32. The summed E-state index contributed by atoms with van der Waals surface area (Å²) in [6, 6.07) is 0. The van der Waals surface area contributed by atoms with Gasteiger partial charge in [-0.1, -0.05) is 12.1 Å². The SMILES string of the molecule is CCc1c(C(=O)O)noc1C1CC1. The van der Waals surface area contributed by atoms with E-state index in [1.165, 1.54) is 0 Å². The minimum Gasteiger partial charge on any atom is -0.476 e. The molecule has 1 saturated carbocycles. The minimum absolute atomic E-state index is 0.0874. The molecule has 1 fully saturated rings. The Hall–Kier alpha value is -1.32. The summed E-state index contributed by atoms with van der Waals surface area (Å²) in [5.74, 6) is 0.225. The van der Waals surface area contributed by atoms with E-state index in [0.717, 1.165) is 24.2 Å². The zero-order chi connectivity index (χ0) is 9.42. The summed E-state index contributed by atoms with van der Waals surface area (Å²) < 4.78 is 5.04. The number of rotatable bonds is 3. The highest BCUT2D eigenvalue weighted by Gasteiger charge is 2.32. The van der Waals surface area contributed by atoms with E-state index in [2.05, 4.69) is 5.16 Å². The van der Waals surface area contributed by atoms with Crippen LogP contribution in [0.4, 0.5) is 0 Å². The van der Waals surface area contributed by atoms with E-state index in [0.29, 0.717) is 12.3 Å². The Balaban J connectivity index is 2.41. The van der Waals surface area contributed by atoms with E-state index in [4.69, 9.17) is 9.63 Å². The van der Waals surface area contributed by atoms with Crippen molar-refractivity contribution in [3.63, 3.8) is 0 Å². The molecular weight excluding hydrogens is 170 g/mol. The van der Waals surface area contributed by atoms with Gasteiger partial charge < -0.3 is 9.63 Å². The predicted octanol–water partition coefficient (Wildman–Crippen LogP) is 1.81. The largest absolute Gasteiger partial charge is 0.476 e. The van der Waals surface area contributed by atoms with Crippen molar-refractivity contribution in [1.29, 1.82) is 0 Å². The summed E-state index contributed by atoms with van der Waals surface area (Å²) in [6.07, 6.45) is 2.87. The number of carboxylic acids is 1. The van der Waals surface area contributed by atoms with Gasteiger partial charge >= 0.3 is 5.97 Å². The van der Waals surface area contributed by atoms with Crippen LogP contribution in [0.1, 0.15) is 47.5 Å². The van der Waals surface area contributed by atoms with Crippen molar-refractivity contribution in [3.8, 4) is 0 Å². The average molecular weight is 181 g/mol. The van der Waals surface area contributed by atoms with Gasteiger partial charge in [0.05, 0.1) is 0 Å². The Morgan fingerprint density at radius 3 is 2.85 bits per heavy atom. The van der Waals surface area contributed by atoms with E-state index >= 15 is 0 Å². The first kappa shape index (κ1) is 8.29. The van der Waals surface area contributed by atoms with Gasteiger partial charge in [-0.2, -0.15) is 0 Å². The fraction of sp³-hybridized carbons (Fsp3) is 0.556. The lowest BCUT2D eigenvalue weighted by Crippen LogP contribution is -2.01. The molecule has 0 aromatic carbocycles. The topological polar surface area (TPSA) is 63.3 Å². The average Bonchev–Trinajstić information content (AvgIpc) is 2.84. The number of carboxylic acid groups (broad SMARTS) is 1. The molecule has 1 N–H and O–H groups in total. The highest BCUT2D eigenvalue weighted by Crippen LogP contribution is 2.42. The van der Waals surface area contributed by atoms with Gasteiger partial charge in [0.2, 0.25) is 0 Å². The fourth-order valence-electron chi connectivity index (χ4n) is 1.50. The lowest BCUT2D eigenvalue weighted by molar-refractivity contribution is 0.0684. The Kier molecular flexibility index (Phi) is 1.83. The number of carbonyl (C=O) groups is 1. The van der Waals surface area contributed by atoms with Crippen LogP contribution in [0.3, 0.4) is 0 Å². The summed E-state index contributed by atoms with van der Waals surface area (Å²) in [5.41, 5.74) is 0.861. The fourth-order valence-corrected chi connectivity index (χ4v) is 1.50. The van der Waals surface area contributed by atoms with Gasteiger partial charge in [0.15, 0.2) is 5.69 Å². The molecule has 0 aliphatic heterocycles. The maximum Gasteiger partial charge on any atom is 0.358 e. The second-order valence-electron chi connectivity index (χ2n) is 3.31. The molecule has 0 amide bonds. The van der Waals surface area contributed by atoms with Crippen molar-refractivity contribution in [2.45, 2.75) is 32.1 Å². The summed E-state index contributed by atoms with van der Waals surface area (Å²) >= 11 is 0. The quantitative estimate of drug-likeness (QED) is 0.772. The van der Waals surface area contributed by atoms with Crippen molar-refractivity contribution in [1.82, 2.24) is 5.16 Å². The lowest BCUT2D eigenvalue weighted by atomic mass is 10.1. The lowest BCUT2D eigenvalue weighted by Gasteiger charge is -1.94. The Labute approximate surface area is 75.5 Å². The van der Waals surface area contributed by atoms with Crippen LogP contribution in [0.25, 0.3) is 0 Å². The van der Waals surface area contributed by atoms with Crippen LogP contribution in [0, 0.1) is 0 Å². The number of nitrogens with zero attached hydrogens (tertiary/aromatic N) is 1. The zero-order valence-electron chi connectivity index (χ0n) is 7.41. The van der Waals surface area contributed by atoms with E-state index in [9.17, 15) is 4.79 Å². The van der Waals surface area contributed by atoms with Gasteiger partial charge in [-0.05, 0) is 19.3 Å².